The quantitative estimate of drug-likeness (QED) is 0.845. The van der Waals surface area contributed by atoms with Gasteiger partial charge in [-0.2, -0.15) is 0 Å². The summed E-state index contributed by atoms with van der Waals surface area (Å²) in [6, 6.07) is 7.04. The first kappa shape index (κ1) is 12.9. The highest BCUT2D eigenvalue weighted by atomic mass is 16.3. The monoisotopic (exact) mass is 248 g/mol. The Balaban J connectivity index is 1.99. The highest BCUT2D eigenvalue weighted by Crippen LogP contribution is 2.19. The number of nitrogens with zero attached hydrogens (tertiary/aromatic N) is 1. The van der Waals surface area contributed by atoms with Crippen molar-refractivity contribution < 1.29 is 9.90 Å². The zero-order valence-corrected chi connectivity index (χ0v) is 10.9. The molecule has 0 aliphatic carbocycles. The Morgan fingerprint density at radius 1 is 1.50 bits per heavy atom. The number of aromatic hydroxyl groups is 1. The molecule has 2 atom stereocenters. The molecular formula is C14H20N2O2. The number of hydrogen-bond acceptors (Lipinski definition) is 3. The Morgan fingerprint density at radius 2 is 2.28 bits per heavy atom. The second kappa shape index (κ2) is 5.40. The fourth-order valence-electron chi connectivity index (χ4n) is 2.43. The topological polar surface area (TPSA) is 52.6 Å². The summed E-state index contributed by atoms with van der Waals surface area (Å²) < 4.78 is 0. The first-order valence-corrected chi connectivity index (χ1v) is 6.31. The molecule has 1 fully saturated rings. The third-order valence-electron chi connectivity index (χ3n) is 3.54. The average molecular weight is 248 g/mol. The smallest absolute Gasteiger partial charge is 0.227 e. The van der Waals surface area contributed by atoms with Gasteiger partial charge >= 0.3 is 0 Å². The van der Waals surface area contributed by atoms with Gasteiger partial charge in [-0.3, -0.25) is 4.79 Å². The van der Waals surface area contributed by atoms with Crippen LogP contribution in [0.4, 0.5) is 0 Å². The molecule has 18 heavy (non-hydrogen) atoms. The molecule has 1 aromatic carbocycles. The number of carbonyl (C=O) groups is 1. The Hall–Kier alpha value is -1.55. The molecule has 4 heteroatoms. The van der Waals surface area contributed by atoms with E-state index in [-0.39, 0.29) is 17.6 Å². The molecule has 2 rings (SSSR count). The highest BCUT2D eigenvalue weighted by Gasteiger charge is 2.31. The fraction of sp³-hybridized carbons (Fsp3) is 0.500. The molecule has 1 aromatic rings. The fourth-order valence-corrected chi connectivity index (χ4v) is 2.43. The molecule has 98 valence electrons. The summed E-state index contributed by atoms with van der Waals surface area (Å²) in [4.78, 5) is 14.0. The molecule has 1 amide bonds. The molecule has 0 aromatic heterocycles. The standard InChI is InChI=1S/C14H20N2O2/c1-10-7-15-8-13(10)14(18)16(2)9-11-4-3-5-12(17)6-11/h3-6,10,13,15,17H,7-9H2,1-2H3. The van der Waals surface area contributed by atoms with Crippen LogP contribution < -0.4 is 5.32 Å². The first-order chi connectivity index (χ1) is 8.58. The Bertz CT molecular complexity index is 434. The van der Waals surface area contributed by atoms with Crippen molar-refractivity contribution in [2.75, 3.05) is 20.1 Å². The van der Waals surface area contributed by atoms with Gasteiger partial charge in [0, 0.05) is 20.1 Å². The van der Waals surface area contributed by atoms with E-state index in [0.717, 1.165) is 18.7 Å². The number of benzene rings is 1. The van der Waals surface area contributed by atoms with Gasteiger partial charge in [-0.25, -0.2) is 0 Å². The van der Waals surface area contributed by atoms with Crippen molar-refractivity contribution >= 4 is 5.91 Å². The van der Waals surface area contributed by atoms with Crippen LogP contribution in [-0.2, 0) is 11.3 Å². The number of hydrogen-bond donors (Lipinski definition) is 2. The van der Waals surface area contributed by atoms with E-state index in [4.69, 9.17) is 0 Å². The van der Waals surface area contributed by atoms with Gasteiger partial charge < -0.3 is 15.3 Å². The average Bonchev–Trinajstić information content (AvgIpc) is 2.74. The van der Waals surface area contributed by atoms with E-state index < -0.39 is 0 Å². The SMILES string of the molecule is CC1CNCC1C(=O)N(C)Cc1cccc(O)c1. The van der Waals surface area contributed by atoms with Gasteiger partial charge in [-0.1, -0.05) is 19.1 Å². The van der Waals surface area contributed by atoms with Crippen molar-refractivity contribution in [2.45, 2.75) is 13.5 Å². The maximum Gasteiger partial charge on any atom is 0.227 e. The summed E-state index contributed by atoms with van der Waals surface area (Å²) in [5, 5.41) is 12.6. The molecule has 4 nitrogen and oxygen atoms in total. The van der Waals surface area contributed by atoms with Gasteiger partial charge in [-0.05, 0) is 30.2 Å². The van der Waals surface area contributed by atoms with Crippen LogP contribution in [0.1, 0.15) is 12.5 Å². The normalized spacial score (nSPS) is 23.0. The van der Waals surface area contributed by atoms with E-state index in [9.17, 15) is 9.90 Å². The summed E-state index contributed by atoms with van der Waals surface area (Å²) in [6.07, 6.45) is 0. The third-order valence-corrected chi connectivity index (χ3v) is 3.54. The van der Waals surface area contributed by atoms with Gasteiger partial charge in [0.2, 0.25) is 5.91 Å². The molecular weight excluding hydrogens is 228 g/mol. The minimum atomic E-state index is 0.0762. The number of amides is 1. The largest absolute Gasteiger partial charge is 0.508 e. The Kier molecular flexibility index (Phi) is 3.87. The molecule has 1 heterocycles. The zero-order chi connectivity index (χ0) is 13.1. The van der Waals surface area contributed by atoms with E-state index in [2.05, 4.69) is 12.2 Å². The van der Waals surface area contributed by atoms with Crippen LogP contribution in [0.15, 0.2) is 24.3 Å². The first-order valence-electron chi connectivity index (χ1n) is 6.31. The molecule has 0 saturated carbocycles. The molecule has 2 unspecified atom stereocenters. The number of phenols is 1. The molecule has 1 aliphatic heterocycles. The Labute approximate surface area is 108 Å². The molecule has 0 bridgehead atoms. The lowest BCUT2D eigenvalue weighted by Crippen LogP contribution is -2.35. The van der Waals surface area contributed by atoms with Gasteiger partial charge in [0.25, 0.3) is 0 Å². The molecule has 1 saturated heterocycles. The lowest BCUT2D eigenvalue weighted by atomic mass is 9.96. The lowest BCUT2D eigenvalue weighted by Gasteiger charge is -2.23. The van der Waals surface area contributed by atoms with E-state index in [1.807, 2.05) is 13.1 Å². The second-order valence-corrected chi connectivity index (χ2v) is 5.11. The van der Waals surface area contributed by atoms with Gasteiger partial charge in [0.1, 0.15) is 5.75 Å². The number of nitrogens with one attached hydrogen (secondary N) is 1. The van der Waals surface area contributed by atoms with Crippen LogP contribution in [0, 0.1) is 11.8 Å². The molecule has 1 aliphatic rings. The van der Waals surface area contributed by atoms with E-state index in [1.165, 1.54) is 0 Å². The minimum Gasteiger partial charge on any atom is -0.508 e. The molecule has 0 radical (unpaired) electrons. The highest BCUT2D eigenvalue weighted by molar-refractivity contribution is 5.79. The summed E-state index contributed by atoms with van der Waals surface area (Å²) in [5.74, 6) is 0.886. The summed E-state index contributed by atoms with van der Waals surface area (Å²) in [7, 11) is 1.82. The number of carbonyl (C=O) groups excluding carboxylic acids is 1. The number of phenolic OH excluding ortho intramolecular Hbond substituents is 1. The van der Waals surface area contributed by atoms with Crippen LogP contribution >= 0.6 is 0 Å². The van der Waals surface area contributed by atoms with Crippen molar-refractivity contribution in [2.24, 2.45) is 11.8 Å². The molecule has 2 N–H and O–H groups in total. The predicted octanol–water partition coefficient (Wildman–Crippen LogP) is 1.21. The van der Waals surface area contributed by atoms with Crippen LogP contribution in [0.2, 0.25) is 0 Å². The van der Waals surface area contributed by atoms with Crippen molar-refractivity contribution in [1.82, 2.24) is 10.2 Å². The zero-order valence-electron chi connectivity index (χ0n) is 10.9. The van der Waals surface area contributed by atoms with Crippen LogP contribution in [0.25, 0.3) is 0 Å². The number of rotatable bonds is 3. The van der Waals surface area contributed by atoms with E-state index >= 15 is 0 Å². The van der Waals surface area contributed by atoms with E-state index in [1.54, 1.807) is 23.1 Å². The summed E-state index contributed by atoms with van der Waals surface area (Å²) >= 11 is 0. The maximum absolute atomic E-state index is 12.3. The van der Waals surface area contributed by atoms with Crippen LogP contribution in [0.5, 0.6) is 5.75 Å². The van der Waals surface area contributed by atoms with Gasteiger partial charge in [0.15, 0.2) is 0 Å². The van der Waals surface area contributed by atoms with Gasteiger partial charge in [-0.15, -0.1) is 0 Å². The Morgan fingerprint density at radius 3 is 2.89 bits per heavy atom. The molecule has 0 spiro atoms. The summed E-state index contributed by atoms with van der Waals surface area (Å²) in [6.45, 7) is 4.32. The summed E-state index contributed by atoms with van der Waals surface area (Å²) in [5.41, 5.74) is 0.949. The lowest BCUT2D eigenvalue weighted by molar-refractivity contribution is -0.135. The van der Waals surface area contributed by atoms with Crippen molar-refractivity contribution in [3.05, 3.63) is 29.8 Å². The second-order valence-electron chi connectivity index (χ2n) is 5.11. The van der Waals surface area contributed by atoms with Crippen molar-refractivity contribution in [3.8, 4) is 5.75 Å². The van der Waals surface area contributed by atoms with Crippen molar-refractivity contribution in [3.63, 3.8) is 0 Å². The van der Waals surface area contributed by atoms with Crippen molar-refractivity contribution in [1.29, 1.82) is 0 Å². The van der Waals surface area contributed by atoms with Gasteiger partial charge in [0.05, 0.1) is 5.92 Å². The van der Waals surface area contributed by atoms with E-state index in [0.29, 0.717) is 12.5 Å². The predicted molar refractivity (Wildman–Crippen MR) is 70.1 cm³/mol. The van der Waals surface area contributed by atoms with Crippen LogP contribution in [0.3, 0.4) is 0 Å². The minimum absolute atomic E-state index is 0.0762. The third kappa shape index (κ3) is 2.82. The maximum atomic E-state index is 12.3. The van der Waals surface area contributed by atoms with Crippen LogP contribution in [-0.4, -0.2) is 36.1 Å².